The zero-order valence-corrected chi connectivity index (χ0v) is 7.27. The molecule has 0 radical (unpaired) electrons. The number of hydrogen-bond donors (Lipinski definition) is 2. The predicted molar refractivity (Wildman–Crippen MR) is 48.1 cm³/mol. The number of nitrogen functional groups attached to an aromatic ring is 1. The lowest BCUT2D eigenvalue weighted by Crippen LogP contribution is -1.95. The van der Waals surface area contributed by atoms with Crippen LogP contribution in [0.15, 0.2) is 22.7 Å². The van der Waals surface area contributed by atoms with Crippen molar-refractivity contribution in [3.05, 3.63) is 22.7 Å². The summed E-state index contributed by atoms with van der Waals surface area (Å²) in [5.41, 5.74) is 7.39. The third-order valence-electron chi connectivity index (χ3n) is 1.32. The molecule has 3 heteroatoms. The molecule has 0 atom stereocenters. The minimum Gasteiger partial charge on any atom is -0.396 e. The Hall–Kier alpha value is -0.700. The molecule has 1 rings (SSSR count). The van der Waals surface area contributed by atoms with Crippen molar-refractivity contribution in [1.82, 2.24) is 0 Å². The van der Waals surface area contributed by atoms with Crippen LogP contribution in [0.4, 0.5) is 11.4 Å². The quantitative estimate of drug-likeness (QED) is 0.682. The maximum atomic E-state index is 5.68. The molecule has 1 aromatic rings. The van der Waals surface area contributed by atoms with E-state index in [4.69, 9.17) is 5.73 Å². The minimum atomic E-state index is 0.755. The van der Waals surface area contributed by atoms with Crippen LogP contribution in [0.3, 0.4) is 0 Å². The highest BCUT2D eigenvalue weighted by Crippen LogP contribution is 2.26. The second-order valence-corrected chi connectivity index (χ2v) is 2.81. The van der Waals surface area contributed by atoms with E-state index in [0.717, 1.165) is 15.8 Å². The van der Waals surface area contributed by atoms with Gasteiger partial charge in [-0.15, -0.1) is 0 Å². The van der Waals surface area contributed by atoms with Gasteiger partial charge in [0.1, 0.15) is 0 Å². The normalized spacial score (nSPS) is 9.40. The summed E-state index contributed by atoms with van der Waals surface area (Å²) >= 11 is 3.32. The molecule has 0 aromatic heterocycles. The summed E-state index contributed by atoms with van der Waals surface area (Å²) < 4.78 is 0.930. The highest BCUT2D eigenvalue weighted by atomic mass is 79.9. The molecule has 0 unspecified atom stereocenters. The summed E-state index contributed by atoms with van der Waals surface area (Å²) in [6.07, 6.45) is 0. The van der Waals surface area contributed by atoms with E-state index >= 15 is 0 Å². The van der Waals surface area contributed by atoms with Crippen molar-refractivity contribution >= 4 is 27.3 Å². The molecule has 0 saturated heterocycles. The standard InChI is InChI=1S/C7H9BrN2/c1-10-6-4-2-3-5(8)7(6)9/h2-4,10H,9H2,1H3. The van der Waals surface area contributed by atoms with Crippen molar-refractivity contribution in [3.8, 4) is 0 Å². The van der Waals surface area contributed by atoms with Gasteiger partial charge in [-0.05, 0) is 28.1 Å². The molecule has 2 nitrogen and oxygen atoms in total. The molecule has 0 aliphatic rings. The first-order valence-corrected chi connectivity index (χ1v) is 3.76. The summed E-state index contributed by atoms with van der Waals surface area (Å²) in [5.74, 6) is 0. The monoisotopic (exact) mass is 200 g/mol. The molecule has 1 aromatic carbocycles. The molecular formula is C7H9BrN2. The first kappa shape index (κ1) is 7.41. The predicted octanol–water partition coefficient (Wildman–Crippen LogP) is 2.07. The molecule has 10 heavy (non-hydrogen) atoms. The average molecular weight is 201 g/mol. The number of anilines is 2. The van der Waals surface area contributed by atoms with Crippen molar-refractivity contribution in [1.29, 1.82) is 0 Å². The molecule has 0 heterocycles. The van der Waals surface area contributed by atoms with E-state index in [1.165, 1.54) is 0 Å². The van der Waals surface area contributed by atoms with Gasteiger partial charge in [-0.1, -0.05) is 6.07 Å². The number of nitrogens with two attached hydrogens (primary N) is 1. The lowest BCUT2D eigenvalue weighted by molar-refractivity contribution is 1.50. The maximum Gasteiger partial charge on any atom is 0.0694 e. The van der Waals surface area contributed by atoms with Gasteiger partial charge in [-0.25, -0.2) is 0 Å². The Morgan fingerprint density at radius 1 is 1.50 bits per heavy atom. The lowest BCUT2D eigenvalue weighted by Gasteiger charge is -2.04. The Labute approximate surface area is 68.6 Å². The van der Waals surface area contributed by atoms with Gasteiger partial charge in [0, 0.05) is 11.5 Å². The van der Waals surface area contributed by atoms with Gasteiger partial charge in [0.2, 0.25) is 0 Å². The molecule has 0 aliphatic heterocycles. The summed E-state index contributed by atoms with van der Waals surface area (Å²) in [6, 6.07) is 5.78. The topological polar surface area (TPSA) is 38.0 Å². The van der Waals surface area contributed by atoms with Gasteiger partial charge in [-0.3, -0.25) is 0 Å². The zero-order valence-electron chi connectivity index (χ0n) is 5.69. The fourth-order valence-electron chi connectivity index (χ4n) is 0.755. The van der Waals surface area contributed by atoms with E-state index in [0.29, 0.717) is 0 Å². The highest BCUT2D eigenvalue weighted by Gasteiger charge is 1.97. The lowest BCUT2D eigenvalue weighted by atomic mass is 10.3. The number of nitrogens with one attached hydrogen (secondary N) is 1. The fourth-order valence-corrected chi connectivity index (χ4v) is 1.12. The van der Waals surface area contributed by atoms with Gasteiger partial charge in [-0.2, -0.15) is 0 Å². The smallest absolute Gasteiger partial charge is 0.0694 e. The molecule has 0 fully saturated rings. The van der Waals surface area contributed by atoms with Crippen LogP contribution < -0.4 is 11.1 Å². The maximum absolute atomic E-state index is 5.68. The summed E-state index contributed by atoms with van der Waals surface area (Å²) in [6.45, 7) is 0. The Morgan fingerprint density at radius 3 is 2.70 bits per heavy atom. The molecule has 54 valence electrons. The van der Waals surface area contributed by atoms with Crippen molar-refractivity contribution < 1.29 is 0 Å². The van der Waals surface area contributed by atoms with E-state index in [2.05, 4.69) is 21.2 Å². The van der Waals surface area contributed by atoms with Crippen molar-refractivity contribution in [3.63, 3.8) is 0 Å². The van der Waals surface area contributed by atoms with Crippen molar-refractivity contribution in [2.75, 3.05) is 18.1 Å². The van der Waals surface area contributed by atoms with Crippen LogP contribution in [0.1, 0.15) is 0 Å². The van der Waals surface area contributed by atoms with Gasteiger partial charge in [0.25, 0.3) is 0 Å². The minimum absolute atomic E-state index is 0.755. The SMILES string of the molecule is CNc1cccc(Br)c1N. The Balaban J connectivity index is 3.14. The summed E-state index contributed by atoms with van der Waals surface area (Å²) in [4.78, 5) is 0. The average Bonchev–Trinajstić information content (AvgIpc) is 1.95. The third kappa shape index (κ3) is 1.24. The molecule has 3 N–H and O–H groups in total. The Bertz CT molecular complexity index is 235. The van der Waals surface area contributed by atoms with Gasteiger partial charge >= 0.3 is 0 Å². The van der Waals surface area contributed by atoms with Crippen LogP contribution in [-0.4, -0.2) is 7.05 Å². The van der Waals surface area contributed by atoms with Crippen LogP contribution >= 0.6 is 15.9 Å². The van der Waals surface area contributed by atoms with Gasteiger partial charge in [0.15, 0.2) is 0 Å². The number of halogens is 1. The van der Waals surface area contributed by atoms with Crippen molar-refractivity contribution in [2.45, 2.75) is 0 Å². The van der Waals surface area contributed by atoms with Crippen LogP contribution in [0.2, 0.25) is 0 Å². The summed E-state index contributed by atoms with van der Waals surface area (Å²) in [5, 5.41) is 2.98. The van der Waals surface area contributed by atoms with E-state index in [1.54, 1.807) is 0 Å². The fraction of sp³-hybridized carbons (Fsp3) is 0.143. The van der Waals surface area contributed by atoms with Crippen molar-refractivity contribution in [2.24, 2.45) is 0 Å². The van der Waals surface area contributed by atoms with E-state index in [-0.39, 0.29) is 0 Å². The molecule has 0 bridgehead atoms. The molecule has 0 saturated carbocycles. The van der Waals surface area contributed by atoms with Gasteiger partial charge in [0.05, 0.1) is 11.4 Å². The van der Waals surface area contributed by atoms with Gasteiger partial charge < -0.3 is 11.1 Å². The largest absolute Gasteiger partial charge is 0.396 e. The van der Waals surface area contributed by atoms with Crippen LogP contribution in [0.25, 0.3) is 0 Å². The van der Waals surface area contributed by atoms with E-state index < -0.39 is 0 Å². The number of para-hydroxylation sites is 1. The Kier molecular flexibility index (Phi) is 2.17. The summed E-state index contributed by atoms with van der Waals surface area (Å²) in [7, 11) is 1.85. The molecular weight excluding hydrogens is 192 g/mol. The number of hydrogen-bond acceptors (Lipinski definition) is 2. The third-order valence-corrected chi connectivity index (χ3v) is 2.01. The number of benzene rings is 1. The van der Waals surface area contributed by atoms with E-state index in [9.17, 15) is 0 Å². The first-order chi connectivity index (χ1) is 4.75. The first-order valence-electron chi connectivity index (χ1n) is 2.97. The molecule has 0 aliphatic carbocycles. The van der Waals surface area contributed by atoms with Crippen LogP contribution in [0.5, 0.6) is 0 Å². The second kappa shape index (κ2) is 2.92. The molecule has 0 spiro atoms. The Morgan fingerprint density at radius 2 is 2.20 bits per heavy atom. The van der Waals surface area contributed by atoms with Crippen LogP contribution in [0, 0.1) is 0 Å². The highest BCUT2D eigenvalue weighted by molar-refractivity contribution is 9.10. The second-order valence-electron chi connectivity index (χ2n) is 1.95. The zero-order chi connectivity index (χ0) is 7.56. The van der Waals surface area contributed by atoms with Crippen LogP contribution in [-0.2, 0) is 0 Å². The molecule has 0 amide bonds. The number of rotatable bonds is 1. The van der Waals surface area contributed by atoms with E-state index in [1.807, 2.05) is 25.2 Å².